The first-order valence-electron chi connectivity index (χ1n) is 8.25. The normalized spacial score (nSPS) is 17.7. The molecule has 1 aliphatic rings. The summed E-state index contributed by atoms with van der Waals surface area (Å²) in [5.74, 6) is 1.18. The lowest BCUT2D eigenvalue weighted by Gasteiger charge is -2.34. The molecule has 2 nitrogen and oxygen atoms in total. The van der Waals surface area contributed by atoms with Crippen molar-refractivity contribution in [3.05, 3.63) is 40.5 Å². The highest BCUT2D eigenvalue weighted by atomic mass is 16.5. The minimum atomic E-state index is 0.214. The van der Waals surface area contributed by atoms with Crippen molar-refractivity contribution in [2.75, 3.05) is 6.61 Å². The van der Waals surface area contributed by atoms with Crippen molar-refractivity contribution in [2.45, 2.75) is 59.8 Å². The molecular weight excluding hydrogens is 272 g/mol. The van der Waals surface area contributed by atoms with E-state index in [9.17, 15) is 4.79 Å². The molecule has 1 aromatic carbocycles. The molecule has 120 valence electrons. The van der Waals surface area contributed by atoms with Crippen molar-refractivity contribution < 1.29 is 9.53 Å². The molecule has 1 aliphatic carbocycles. The van der Waals surface area contributed by atoms with Crippen molar-refractivity contribution in [3.8, 4) is 5.75 Å². The average molecular weight is 300 g/mol. The van der Waals surface area contributed by atoms with E-state index in [1.165, 1.54) is 30.4 Å². The van der Waals surface area contributed by atoms with Crippen LogP contribution in [0.2, 0.25) is 0 Å². The van der Waals surface area contributed by atoms with E-state index in [0.29, 0.717) is 18.1 Å². The van der Waals surface area contributed by atoms with Crippen molar-refractivity contribution in [1.29, 1.82) is 0 Å². The standard InChI is InChI=1S/C20H28O2/c1-14(2)17-9-16(12-21)10-18(11-17)22-13-19-15(3)7-6-8-20(19,4)5/h9-12,14H,6-8,13H2,1-5H3. The molecule has 1 aromatic rings. The lowest BCUT2D eigenvalue weighted by molar-refractivity contribution is 0.112. The van der Waals surface area contributed by atoms with E-state index in [2.05, 4.69) is 40.7 Å². The van der Waals surface area contributed by atoms with Crippen molar-refractivity contribution in [2.24, 2.45) is 5.41 Å². The number of rotatable bonds is 5. The fraction of sp³-hybridized carbons (Fsp3) is 0.550. The minimum Gasteiger partial charge on any atom is -0.489 e. The number of ether oxygens (including phenoxy) is 1. The van der Waals surface area contributed by atoms with Gasteiger partial charge < -0.3 is 4.74 Å². The Kier molecular flexibility index (Phi) is 5.10. The van der Waals surface area contributed by atoms with Crippen LogP contribution in [0.5, 0.6) is 5.75 Å². The zero-order chi connectivity index (χ0) is 16.3. The van der Waals surface area contributed by atoms with Gasteiger partial charge in [-0.1, -0.05) is 33.3 Å². The summed E-state index contributed by atoms with van der Waals surface area (Å²) in [6.45, 7) is 11.7. The van der Waals surface area contributed by atoms with E-state index in [0.717, 1.165) is 17.6 Å². The first-order valence-corrected chi connectivity index (χ1v) is 8.25. The van der Waals surface area contributed by atoms with Crippen LogP contribution in [0.15, 0.2) is 29.3 Å². The maximum Gasteiger partial charge on any atom is 0.150 e. The van der Waals surface area contributed by atoms with E-state index < -0.39 is 0 Å². The molecule has 0 spiro atoms. The molecule has 0 aliphatic heterocycles. The van der Waals surface area contributed by atoms with E-state index in [4.69, 9.17) is 4.74 Å². The molecule has 0 radical (unpaired) electrons. The summed E-state index contributed by atoms with van der Waals surface area (Å²) in [4.78, 5) is 11.1. The predicted octanol–water partition coefficient (Wildman–Crippen LogP) is 5.53. The van der Waals surface area contributed by atoms with Crippen LogP contribution in [-0.4, -0.2) is 12.9 Å². The Labute approximate surface area is 134 Å². The molecule has 0 fully saturated rings. The second-order valence-corrected chi connectivity index (χ2v) is 7.39. The quantitative estimate of drug-likeness (QED) is 0.528. The van der Waals surface area contributed by atoms with Gasteiger partial charge in [0.1, 0.15) is 18.6 Å². The fourth-order valence-corrected chi connectivity index (χ4v) is 3.28. The summed E-state index contributed by atoms with van der Waals surface area (Å²) in [6, 6.07) is 5.84. The van der Waals surface area contributed by atoms with Gasteiger partial charge in [0, 0.05) is 5.56 Å². The first kappa shape index (κ1) is 16.8. The van der Waals surface area contributed by atoms with Crippen molar-refractivity contribution in [3.63, 3.8) is 0 Å². The Morgan fingerprint density at radius 3 is 2.59 bits per heavy atom. The average Bonchev–Trinajstić information content (AvgIpc) is 2.45. The lowest BCUT2D eigenvalue weighted by atomic mass is 9.73. The van der Waals surface area contributed by atoms with Crippen LogP contribution in [0.1, 0.15) is 75.7 Å². The van der Waals surface area contributed by atoms with E-state index >= 15 is 0 Å². The molecular formula is C20H28O2. The second kappa shape index (κ2) is 6.68. The Morgan fingerprint density at radius 2 is 2.00 bits per heavy atom. The fourth-order valence-electron chi connectivity index (χ4n) is 3.28. The summed E-state index contributed by atoms with van der Waals surface area (Å²) >= 11 is 0. The van der Waals surface area contributed by atoms with Crippen LogP contribution in [0.3, 0.4) is 0 Å². The highest BCUT2D eigenvalue weighted by molar-refractivity contribution is 5.76. The number of aldehydes is 1. The zero-order valence-electron chi connectivity index (χ0n) is 14.5. The van der Waals surface area contributed by atoms with Crippen LogP contribution in [-0.2, 0) is 0 Å². The van der Waals surface area contributed by atoms with Crippen LogP contribution in [0.25, 0.3) is 0 Å². The van der Waals surface area contributed by atoms with Gasteiger partial charge in [-0.15, -0.1) is 0 Å². The number of carbonyl (C=O) groups excluding carboxylic acids is 1. The lowest BCUT2D eigenvalue weighted by Crippen LogP contribution is -2.24. The Bertz CT molecular complexity index is 579. The number of carbonyl (C=O) groups is 1. The van der Waals surface area contributed by atoms with E-state index in [-0.39, 0.29) is 5.41 Å². The Morgan fingerprint density at radius 1 is 1.27 bits per heavy atom. The van der Waals surface area contributed by atoms with Gasteiger partial charge in [0.2, 0.25) is 0 Å². The molecule has 0 heterocycles. The first-order chi connectivity index (χ1) is 10.3. The Balaban J connectivity index is 2.21. The van der Waals surface area contributed by atoms with E-state index in [1.807, 2.05) is 12.1 Å². The molecule has 2 heteroatoms. The molecule has 0 atom stereocenters. The third-order valence-corrected chi connectivity index (χ3v) is 4.82. The number of benzene rings is 1. The molecule has 0 aromatic heterocycles. The van der Waals surface area contributed by atoms with E-state index in [1.54, 1.807) is 0 Å². The number of hydrogen-bond acceptors (Lipinski definition) is 2. The summed E-state index contributed by atoms with van der Waals surface area (Å²) < 4.78 is 6.07. The number of allylic oxidation sites excluding steroid dienone is 1. The third-order valence-electron chi connectivity index (χ3n) is 4.82. The van der Waals surface area contributed by atoms with Gasteiger partial charge in [-0.25, -0.2) is 0 Å². The van der Waals surface area contributed by atoms with Crippen LogP contribution < -0.4 is 4.74 Å². The Hall–Kier alpha value is -1.57. The highest BCUT2D eigenvalue weighted by Gasteiger charge is 2.28. The monoisotopic (exact) mass is 300 g/mol. The van der Waals surface area contributed by atoms with Gasteiger partial charge in [-0.05, 0) is 66.9 Å². The summed E-state index contributed by atoms with van der Waals surface area (Å²) in [7, 11) is 0. The minimum absolute atomic E-state index is 0.214. The topological polar surface area (TPSA) is 26.3 Å². The molecule has 0 amide bonds. The summed E-state index contributed by atoms with van der Waals surface area (Å²) in [5, 5.41) is 0. The van der Waals surface area contributed by atoms with Gasteiger partial charge in [-0.2, -0.15) is 0 Å². The molecule has 2 rings (SSSR count). The summed E-state index contributed by atoms with van der Waals surface area (Å²) in [6.07, 6.45) is 4.55. The maximum absolute atomic E-state index is 11.1. The smallest absolute Gasteiger partial charge is 0.150 e. The zero-order valence-corrected chi connectivity index (χ0v) is 14.5. The van der Waals surface area contributed by atoms with Crippen molar-refractivity contribution >= 4 is 6.29 Å². The molecule has 0 N–H and O–H groups in total. The van der Waals surface area contributed by atoms with Gasteiger partial charge in [-0.3, -0.25) is 4.79 Å². The second-order valence-electron chi connectivity index (χ2n) is 7.39. The highest BCUT2D eigenvalue weighted by Crippen LogP contribution is 2.40. The van der Waals surface area contributed by atoms with Gasteiger partial charge >= 0.3 is 0 Å². The van der Waals surface area contributed by atoms with Gasteiger partial charge in [0.25, 0.3) is 0 Å². The SMILES string of the molecule is CC1=C(COc2cc(C=O)cc(C(C)C)c2)C(C)(C)CCC1. The molecule has 22 heavy (non-hydrogen) atoms. The van der Waals surface area contributed by atoms with Crippen LogP contribution in [0.4, 0.5) is 0 Å². The van der Waals surface area contributed by atoms with Gasteiger partial charge in [0.15, 0.2) is 0 Å². The molecule has 0 bridgehead atoms. The third kappa shape index (κ3) is 3.79. The summed E-state index contributed by atoms with van der Waals surface area (Å²) in [5.41, 5.74) is 4.93. The molecule has 0 saturated carbocycles. The van der Waals surface area contributed by atoms with Gasteiger partial charge in [0.05, 0.1) is 0 Å². The largest absolute Gasteiger partial charge is 0.489 e. The number of hydrogen-bond donors (Lipinski definition) is 0. The molecule has 0 unspecified atom stereocenters. The van der Waals surface area contributed by atoms with Crippen LogP contribution >= 0.6 is 0 Å². The predicted molar refractivity (Wildman–Crippen MR) is 91.7 cm³/mol. The molecule has 0 saturated heterocycles. The van der Waals surface area contributed by atoms with Crippen LogP contribution in [0, 0.1) is 5.41 Å². The maximum atomic E-state index is 11.1. The van der Waals surface area contributed by atoms with Crippen molar-refractivity contribution in [1.82, 2.24) is 0 Å².